The number of ether oxygens (including phenoxy) is 1. The van der Waals surface area contributed by atoms with Gasteiger partial charge in [-0.15, -0.1) is 0 Å². The topological polar surface area (TPSA) is 49.8 Å². The number of hydrogen-bond donors (Lipinski definition) is 1. The first-order valence-corrected chi connectivity index (χ1v) is 7.41. The molecule has 1 saturated heterocycles. The Morgan fingerprint density at radius 1 is 1.37 bits per heavy atom. The van der Waals surface area contributed by atoms with Crippen LogP contribution in [0.5, 0.6) is 0 Å². The van der Waals surface area contributed by atoms with Gasteiger partial charge in [0.2, 0.25) is 0 Å². The second-order valence-electron chi connectivity index (χ2n) is 7.40. The Labute approximate surface area is 116 Å². The summed E-state index contributed by atoms with van der Waals surface area (Å²) in [6, 6.07) is 0.138. The van der Waals surface area contributed by atoms with Gasteiger partial charge in [0.05, 0.1) is 5.60 Å². The Hall–Kier alpha value is -0.770. The highest BCUT2D eigenvalue weighted by Crippen LogP contribution is 2.42. The first kappa shape index (κ1) is 14.6. The van der Waals surface area contributed by atoms with Gasteiger partial charge < -0.3 is 14.7 Å². The monoisotopic (exact) mass is 269 g/mol. The molecule has 0 aromatic rings. The number of hydrogen-bond acceptors (Lipinski definition) is 3. The quantitative estimate of drug-likeness (QED) is 0.838. The van der Waals surface area contributed by atoms with E-state index in [1.54, 1.807) is 0 Å². The predicted molar refractivity (Wildman–Crippen MR) is 73.9 cm³/mol. The highest BCUT2D eigenvalue weighted by molar-refractivity contribution is 5.68. The van der Waals surface area contributed by atoms with Crippen LogP contribution in [0.15, 0.2) is 0 Å². The maximum atomic E-state index is 12.3. The van der Waals surface area contributed by atoms with Crippen LogP contribution in [0.4, 0.5) is 4.79 Å². The third-order valence-electron chi connectivity index (χ3n) is 4.01. The fraction of sp³-hybridized carbons (Fsp3) is 0.933. The van der Waals surface area contributed by atoms with Gasteiger partial charge in [-0.3, -0.25) is 0 Å². The van der Waals surface area contributed by atoms with E-state index in [0.717, 1.165) is 32.2 Å². The molecule has 2 rings (SSSR count). The summed E-state index contributed by atoms with van der Waals surface area (Å²) in [4.78, 5) is 14.1. The Balaban J connectivity index is 2.01. The average molecular weight is 269 g/mol. The van der Waals surface area contributed by atoms with E-state index in [1.165, 1.54) is 0 Å². The van der Waals surface area contributed by atoms with E-state index in [1.807, 2.05) is 25.7 Å². The lowest BCUT2D eigenvalue weighted by molar-refractivity contribution is -0.00616. The van der Waals surface area contributed by atoms with Gasteiger partial charge in [0.15, 0.2) is 0 Å². The van der Waals surface area contributed by atoms with E-state index in [2.05, 4.69) is 6.92 Å². The number of amides is 1. The standard InChI is InChI=1S/C15H27NO3/c1-11-5-6-12(9-15(18)7-8-15)16(10-11)13(17)19-14(2,3)4/h11-12,18H,5-10H2,1-4H3. The average Bonchev–Trinajstić information content (AvgIpc) is 2.96. The minimum absolute atomic E-state index is 0.138. The number of nitrogens with zero attached hydrogens (tertiary/aromatic N) is 1. The highest BCUT2D eigenvalue weighted by Gasteiger charge is 2.45. The molecule has 2 aliphatic rings. The van der Waals surface area contributed by atoms with Crippen molar-refractivity contribution in [3.8, 4) is 0 Å². The zero-order valence-electron chi connectivity index (χ0n) is 12.6. The second-order valence-corrected chi connectivity index (χ2v) is 7.40. The highest BCUT2D eigenvalue weighted by atomic mass is 16.6. The van der Waals surface area contributed by atoms with Crippen molar-refractivity contribution in [2.45, 2.75) is 77.0 Å². The van der Waals surface area contributed by atoms with E-state index in [-0.39, 0.29) is 12.1 Å². The molecule has 1 heterocycles. The third kappa shape index (κ3) is 4.10. The lowest BCUT2D eigenvalue weighted by Crippen LogP contribution is -2.49. The van der Waals surface area contributed by atoms with Crippen LogP contribution in [0.25, 0.3) is 0 Å². The summed E-state index contributed by atoms with van der Waals surface area (Å²) in [7, 11) is 0. The molecule has 1 aliphatic heterocycles. The van der Waals surface area contributed by atoms with Gasteiger partial charge in [0, 0.05) is 12.6 Å². The zero-order valence-corrected chi connectivity index (χ0v) is 12.6. The van der Waals surface area contributed by atoms with Gasteiger partial charge >= 0.3 is 6.09 Å². The Bertz CT molecular complexity index is 344. The summed E-state index contributed by atoms with van der Waals surface area (Å²) < 4.78 is 5.50. The van der Waals surface area contributed by atoms with Gasteiger partial charge in [0.1, 0.15) is 5.60 Å². The maximum Gasteiger partial charge on any atom is 0.410 e. The van der Waals surface area contributed by atoms with Crippen molar-refractivity contribution in [3.63, 3.8) is 0 Å². The Morgan fingerprint density at radius 3 is 2.53 bits per heavy atom. The number of carbonyl (C=O) groups excluding carboxylic acids is 1. The van der Waals surface area contributed by atoms with Crippen LogP contribution in [0.2, 0.25) is 0 Å². The molecule has 0 aromatic heterocycles. The van der Waals surface area contributed by atoms with Crippen molar-refractivity contribution in [2.75, 3.05) is 6.54 Å². The molecule has 1 N–H and O–H groups in total. The molecule has 0 bridgehead atoms. The first-order chi connectivity index (χ1) is 8.69. The zero-order chi connectivity index (χ0) is 14.3. The van der Waals surface area contributed by atoms with Crippen LogP contribution >= 0.6 is 0 Å². The van der Waals surface area contributed by atoms with Crippen LogP contribution in [0, 0.1) is 5.92 Å². The largest absolute Gasteiger partial charge is 0.444 e. The summed E-state index contributed by atoms with van der Waals surface area (Å²) in [6.07, 6.45) is 4.33. The van der Waals surface area contributed by atoms with E-state index < -0.39 is 11.2 Å². The van der Waals surface area contributed by atoms with Gasteiger partial charge in [-0.2, -0.15) is 0 Å². The molecule has 2 fully saturated rings. The summed E-state index contributed by atoms with van der Waals surface area (Å²) >= 11 is 0. The van der Waals surface area contributed by atoms with E-state index >= 15 is 0 Å². The Kier molecular flexibility index (Phi) is 3.83. The van der Waals surface area contributed by atoms with Crippen molar-refractivity contribution in [1.82, 2.24) is 4.90 Å². The summed E-state index contributed by atoms with van der Waals surface area (Å²) in [6.45, 7) is 8.58. The normalized spacial score (nSPS) is 30.1. The van der Waals surface area contributed by atoms with Crippen LogP contribution in [0.1, 0.15) is 59.8 Å². The van der Waals surface area contributed by atoms with E-state index in [9.17, 15) is 9.90 Å². The summed E-state index contributed by atoms with van der Waals surface area (Å²) in [5.74, 6) is 0.512. The van der Waals surface area contributed by atoms with Crippen LogP contribution in [-0.2, 0) is 4.74 Å². The number of piperidine rings is 1. The molecule has 2 unspecified atom stereocenters. The molecule has 2 atom stereocenters. The molecule has 0 aromatic carbocycles. The summed E-state index contributed by atoms with van der Waals surface area (Å²) in [5.41, 5.74) is -0.968. The van der Waals surface area contributed by atoms with Crippen molar-refractivity contribution in [3.05, 3.63) is 0 Å². The van der Waals surface area contributed by atoms with Crippen LogP contribution in [0.3, 0.4) is 0 Å². The molecule has 110 valence electrons. The number of likely N-dealkylation sites (tertiary alicyclic amines) is 1. The number of aliphatic hydroxyl groups is 1. The fourth-order valence-corrected chi connectivity index (χ4v) is 2.75. The van der Waals surface area contributed by atoms with E-state index in [0.29, 0.717) is 12.3 Å². The predicted octanol–water partition coefficient (Wildman–Crippen LogP) is 2.94. The van der Waals surface area contributed by atoms with Crippen molar-refractivity contribution >= 4 is 6.09 Å². The molecule has 0 radical (unpaired) electrons. The van der Waals surface area contributed by atoms with Gasteiger partial charge in [-0.25, -0.2) is 4.79 Å². The van der Waals surface area contributed by atoms with E-state index in [4.69, 9.17) is 4.74 Å². The lowest BCUT2D eigenvalue weighted by atomic mass is 9.91. The smallest absolute Gasteiger partial charge is 0.410 e. The van der Waals surface area contributed by atoms with Crippen molar-refractivity contribution in [1.29, 1.82) is 0 Å². The van der Waals surface area contributed by atoms with Gasteiger partial charge in [-0.05, 0) is 58.8 Å². The summed E-state index contributed by atoms with van der Waals surface area (Å²) in [5, 5.41) is 10.1. The SMILES string of the molecule is CC1CCC(CC2(O)CC2)N(C(=O)OC(C)(C)C)C1. The molecule has 4 nitrogen and oxygen atoms in total. The van der Waals surface area contributed by atoms with Gasteiger partial charge in [0.25, 0.3) is 0 Å². The van der Waals surface area contributed by atoms with Crippen LogP contribution < -0.4 is 0 Å². The number of rotatable bonds is 2. The van der Waals surface area contributed by atoms with Gasteiger partial charge in [-0.1, -0.05) is 6.92 Å². The van der Waals surface area contributed by atoms with Crippen molar-refractivity contribution in [2.24, 2.45) is 5.92 Å². The minimum atomic E-state index is -0.508. The second kappa shape index (κ2) is 4.97. The Morgan fingerprint density at radius 2 is 2.00 bits per heavy atom. The molecule has 4 heteroatoms. The molecular weight excluding hydrogens is 242 g/mol. The molecule has 1 amide bonds. The number of carbonyl (C=O) groups is 1. The maximum absolute atomic E-state index is 12.3. The van der Waals surface area contributed by atoms with Crippen molar-refractivity contribution < 1.29 is 14.6 Å². The third-order valence-corrected chi connectivity index (χ3v) is 4.01. The molecule has 19 heavy (non-hydrogen) atoms. The first-order valence-electron chi connectivity index (χ1n) is 7.41. The molecule has 0 spiro atoms. The minimum Gasteiger partial charge on any atom is -0.444 e. The molecule has 1 saturated carbocycles. The molecular formula is C15H27NO3. The lowest BCUT2D eigenvalue weighted by Gasteiger charge is -2.40. The fourth-order valence-electron chi connectivity index (χ4n) is 2.75. The molecule has 1 aliphatic carbocycles. The van der Waals surface area contributed by atoms with Crippen LogP contribution in [-0.4, -0.2) is 39.9 Å².